The lowest BCUT2D eigenvalue weighted by atomic mass is 10.4. The molecule has 88 valence electrons. The summed E-state index contributed by atoms with van der Waals surface area (Å²) in [5.74, 6) is 3.57. The first-order chi connectivity index (χ1) is 7.77. The molecule has 2 N–H and O–H groups in total. The van der Waals surface area contributed by atoms with Gasteiger partial charge in [-0.2, -0.15) is 28.6 Å². The van der Waals surface area contributed by atoms with E-state index in [0.29, 0.717) is 10.9 Å². The lowest BCUT2D eigenvalue weighted by molar-refractivity contribution is 0.964. The zero-order valence-corrected chi connectivity index (χ0v) is 10.9. The van der Waals surface area contributed by atoms with E-state index >= 15 is 0 Å². The van der Waals surface area contributed by atoms with Crippen LogP contribution in [0.25, 0.3) is 0 Å². The minimum atomic E-state index is -0.350. The summed E-state index contributed by atoms with van der Waals surface area (Å²) in [5, 5.41) is 9.94. The highest BCUT2D eigenvalue weighted by Gasteiger charge is 2.14. The Balaban J connectivity index is 1.93. The van der Waals surface area contributed by atoms with Crippen LogP contribution in [0.2, 0.25) is 5.02 Å². The second-order valence-electron chi connectivity index (χ2n) is 3.38. The van der Waals surface area contributed by atoms with Crippen molar-refractivity contribution in [3.8, 4) is 0 Å². The average molecular weight is 278 g/mol. The summed E-state index contributed by atoms with van der Waals surface area (Å²) in [6, 6.07) is 0. The van der Waals surface area contributed by atoms with Gasteiger partial charge in [0.25, 0.3) is 5.56 Å². The van der Waals surface area contributed by atoms with Crippen LogP contribution in [0.4, 0.5) is 5.69 Å². The van der Waals surface area contributed by atoms with Crippen LogP contribution in [-0.4, -0.2) is 39.3 Å². The fraction of sp³-hybridized carbons (Fsp3) is 0.556. The van der Waals surface area contributed by atoms with Crippen LogP contribution in [0.1, 0.15) is 0 Å². The molecule has 0 amide bonds. The van der Waals surface area contributed by atoms with Gasteiger partial charge in [0.1, 0.15) is 5.02 Å². The highest BCUT2D eigenvalue weighted by molar-refractivity contribution is 8.06. The molecule has 1 atom stereocenters. The highest BCUT2D eigenvalue weighted by atomic mass is 35.5. The molecule has 0 bridgehead atoms. The van der Waals surface area contributed by atoms with Crippen LogP contribution in [0.15, 0.2) is 11.0 Å². The zero-order chi connectivity index (χ0) is 11.4. The summed E-state index contributed by atoms with van der Waals surface area (Å²) in [6.45, 7) is 0.822. The molecule has 1 aromatic heterocycles. The molecule has 4 nitrogen and oxygen atoms in total. The van der Waals surface area contributed by atoms with Gasteiger partial charge in [0.15, 0.2) is 0 Å². The number of nitrogens with one attached hydrogen (secondary N) is 2. The molecule has 1 aromatic rings. The van der Waals surface area contributed by atoms with Crippen molar-refractivity contribution in [1.29, 1.82) is 0 Å². The number of aromatic amines is 1. The number of aromatic nitrogens is 2. The summed E-state index contributed by atoms with van der Waals surface area (Å²) in [4.78, 5) is 11.2. The van der Waals surface area contributed by atoms with Gasteiger partial charge in [0.2, 0.25) is 0 Å². The molecule has 1 saturated heterocycles. The van der Waals surface area contributed by atoms with E-state index in [1.807, 2.05) is 23.5 Å². The third kappa shape index (κ3) is 3.09. The molecule has 0 aliphatic carbocycles. The van der Waals surface area contributed by atoms with Crippen LogP contribution in [0, 0.1) is 0 Å². The van der Waals surface area contributed by atoms with E-state index in [2.05, 4.69) is 15.5 Å². The average Bonchev–Trinajstić information content (AvgIpc) is 2.32. The van der Waals surface area contributed by atoms with Gasteiger partial charge in [-0.1, -0.05) is 11.6 Å². The van der Waals surface area contributed by atoms with Crippen LogP contribution < -0.4 is 10.9 Å². The predicted molar refractivity (Wildman–Crippen MR) is 71.9 cm³/mol. The zero-order valence-electron chi connectivity index (χ0n) is 8.53. The first-order valence-electron chi connectivity index (χ1n) is 4.94. The minimum Gasteiger partial charge on any atom is -0.381 e. The summed E-state index contributed by atoms with van der Waals surface area (Å²) in [6.07, 6.45) is 1.55. The number of nitrogens with zero attached hydrogens (tertiary/aromatic N) is 1. The monoisotopic (exact) mass is 277 g/mol. The Morgan fingerprint density at radius 3 is 3.25 bits per heavy atom. The van der Waals surface area contributed by atoms with Crippen molar-refractivity contribution in [2.45, 2.75) is 5.25 Å². The molecule has 1 aliphatic heterocycles. The van der Waals surface area contributed by atoms with E-state index in [0.717, 1.165) is 12.3 Å². The largest absolute Gasteiger partial charge is 0.381 e. The fourth-order valence-corrected chi connectivity index (χ4v) is 4.15. The SMILES string of the molecule is O=c1[nH]ncc(NCC2CSCCS2)c1Cl. The molecule has 16 heavy (non-hydrogen) atoms. The second kappa shape index (κ2) is 5.84. The number of halogens is 1. The van der Waals surface area contributed by atoms with Crippen molar-refractivity contribution in [1.82, 2.24) is 10.2 Å². The van der Waals surface area contributed by atoms with E-state index in [4.69, 9.17) is 11.6 Å². The number of anilines is 1. The van der Waals surface area contributed by atoms with Gasteiger partial charge in [0.05, 0.1) is 11.9 Å². The smallest absolute Gasteiger partial charge is 0.285 e. The lowest BCUT2D eigenvalue weighted by Gasteiger charge is -2.21. The van der Waals surface area contributed by atoms with Crippen LogP contribution in [0.5, 0.6) is 0 Å². The van der Waals surface area contributed by atoms with E-state index in [9.17, 15) is 4.79 Å². The molecule has 1 unspecified atom stereocenters. The first kappa shape index (κ1) is 12.1. The van der Waals surface area contributed by atoms with Crippen LogP contribution >= 0.6 is 35.1 Å². The lowest BCUT2D eigenvalue weighted by Crippen LogP contribution is -2.24. The van der Waals surface area contributed by atoms with Crippen molar-refractivity contribution >= 4 is 40.8 Å². The Labute approximate surface area is 107 Å². The number of rotatable bonds is 3. The molecule has 2 heterocycles. The third-order valence-corrected chi connectivity index (χ3v) is 5.42. The quantitative estimate of drug-likeness (QED) is 0.880. The van der Waals surface area contributed by atoms with E-state index < -0.39 is 0 Å². The van der Waals surface area contributed by atoms with Crippen molar-refractivity contribution in [3.63, 3.8) is 0 Å². The number of hydrogen-bond acceptors (Lipinski definition) is 5. The maximum absolute atomic E-state index is 11.2. The molecule has 2 rings (SSSR count). The number of thioether (sulfide) groups is 2. The van der Waals surface area contributed by atoms with Gasteiger partial charge in [-0.05, 0) is 0 Å². The van der Waals surface area contributed by atoms with Gasteiger partial charge in [-0.25, -0.2) is 5.10 Å². The topological polar surface area (TPSA) is 57.8 Å². The van der Waals surface area contributed by atoms with Gasteiger partial charge >= 0.3 is 0 Å². The molecule has 7 heteroatoms. The first-order valence-corrected chi connectivity index (χ1v) is 7.52. The summed E-state index contributed by atoms with van der Waals surface area (Å²) >= 11 is 9.78. The van der Waals surface area contributed by atoms with Gasteiger partial charge < -0.3 is 5.32 Å². The molecule has 0 saturated carbocycles. The minimum absolute atomic E-state index is 0.184. The Morgan fingerprint density at radius 1 is 1.62 bits per heavy atom. The van der Waals surface area contributed by atoms with E-state index in [-0.39, 0.29) is 10.6 Å². The number of H-pyrrole nitrogens is 1. The Bertz CT molecular complexity index is 406. The van der Waals surface area contributed by atoms with E-state index in [1.54, 1.807) is 6.20 Å². The number of hydrogen-bond donors (Lipinski definition) is 2. The molecule has 0 spiro atoms. The maximum Gasteiger partial charge on any atom is 0.285 e. The van der Waals surface area contributed by atoms with Crippen molar-refractivity contribution in [2.75, 3.05) is 29.1 Å². The second-order valence-corrected chi connectivity index (χ2v) is 6.31. The van der Waals surface area contributed by atoms with Crippen LogP contribution in [0.3, 0.4) is 0 Å². The van der Waals surface area contributed by atoms with Gasteiger partial charge in [-0.15, -0.1) is 0 Å². The summed E-state index contributed by atoms with van der Waals surface area (Å²) in [5.41, 5.74) is 0.263. The molecular formula is C9H12ClN3OS2. The molecule has 1 aliphatic rings. The molecular weight excluding hydrogens is 266 g/mol. The van der Waals surface area contributed by atoms with E-state index in [1.165, 1.54) is 11.5 Å². The van der Waals surface area contributed by atoms with Crippen molar-refractivity contribution < 1.29 is 0 Å². The van der Waals surface area contributed by atoms with Crippen molar-refractivity contribution in [3.05, 3.63) is 21.6 Å². The molecule has 1 fully saturated rings. The van der Waals surface area contributed by atoms with Crippen molar-refractivity contribution in [2.24, 2.45) is 0 Å². The predicted octanol–water partition coefficient (Wildman–Crippen LogP) is 1.68. The Kier molecular flexibility index (Phi) is 4.43. The normalized spacial score (nSPS) is 20.7. The third-order valence-electron chi connectivity index (χ3n) is 2.20. The van der Waals surface area contributed by atoms with Gasteiger partial charge in [0, 0.05) is 29.1 Å². The van der Waals surface area contributed by atoms with Crippen LogP contribution in [-0.2, 0) is 0 Å². The summed E-state index contributed by atoms with van der Waals surface area (Å²) < 4.78 is 0. The molecule has 0 radical (unpaired) electrons. The maximum atomic E-state index is 11.2. The fourth-order valence-electron chi connectivity index (χ4n) is 1.39. The summed E-state index contributed by atoms with van der Waals surface area (Å²) in [7, 11) is 0. The standard InChI is InChI=1S/C9H12ClN3OS2/c10-8-7(4-12-13-9(8)14)11-3-6-5-15-1-2-16-6/h4,6H,1-3,5H2,(H2,11,13,14). The van der Waals surface area contributed by atoms with Gasteiger partial charge in [-0.3, -0.25) is 4.79 Å². The Morgan fingerprint density at radius 2 is 2.50 bits per heavy atom. The highest BCUT2D eigenvalue weighted by Crippen LogP contribution is 2.24. The molecule has 0 aromatic carbocycles. The Hall–Kier alpha value is -0.330.